The highest BCUT2D eigenvalue weighted by molar-refractivity contribution is 5.75. The zero-order valence-corrected chi connectivity index (χ0v) is 10.1. The van der Waals surface area contributed by atoms with Gasteiger partial charge >= 0.3 is 0 Å². The number of nitrogens with zero attached hydrogens (tertiary/aromatic N) is 1. The maximum absolute atomic E-state index is 10.8. The molecule has 0 aromatic heterocycles. The van der Waals surface area contributed by atoms with E-state index in [2.05, 4.69) is 0 Å². The minimum absolute atomic E-state index is 0.0567. The molecule has 5 heteroatoms. The number of benzene rings is 1. The predicted octanol–water partition coefficient (Wildman–Crippen LogP) is 2.57. The maximum atomic E-state index is 10.8. The molecule has 0 N–H and O–H groups in total. The fourth-order valence-corrected chi connectivity index (χ4v) is 1.43. The van der Waals surface area contributed by atoms with Crippen LogP contribution in [0.25, 0.3) is 0 Å². The van der Waals surface area contributed by atoms with E-state index in [-0.39, 0.29) is 11.5 Å². The summed E-state index contributed by atoms with van der Waals surface area (Å²) in [5, 5.41) is 10.7. The van der Waals surface area contributed by atoms with Crippen LogP contribution in [0.3, 0.4) is 0 Å². The maximum Gasteiger partial charge on any atom is 0.272 e. The van der Waals surface area contributed by atoms with Gasteiger partial charge in [0.1, 0.15) is 11.5 Å². The summed E-state index contributed by atoms with van der Waals surface area (Å²) in [5.74, 6) is 0.649. The minimum atomic E-state index is -0.415. The van der Waals surface area contributed by atoms with Gasteiger partial charge in [-0.1, -0.05) is 0 Å². The Morgan fingerprint density at radius 2 is 2.00 bits per heavy atom. The average Bonchev–Trinajstić information content (AvgIpc) is 2.21. The van der Waals surface area contributed by atoms with Crippen molar-refractivity contribution in [2.24, 2.45) is 0 Å². The van der Waals surface area contributed by atoms with Crippen molar-refractivity contribution in [3.8, 4) is 5.75 Å². The number of carbonyl (C=O) groups excluding carboxylic acids is 1. The molecule has 1 aromatic carbocycles. The van der Waals surface area contributed by atoms with Crippen LogP contribution in [0.4, 0.5) is 5.69 Å². The van der Waals surface area contributed by atoms with E-state index in [1.165, 1.54) is 13.0 Å². The van der Waals surface area contributed by atoms with E-state index in [1.54, 1.807) is 19.9 Å². The molecular formula is C12H15NO4. The van der Waals surface area contributed by atoms with Crippen LogP contribution in [-0.4, -0.2) is 17.3 Å². The molecule has 5 nitrogen and oxygen atoms in total. The first-order valence-corrected chi connectivity index (χ1v) is 5.29. The van der Waals surface area contributed by atoms with Crippen molar-refractivity contribution in [1.29, 1.82) is 0 Å². The predicted molar refractivity (Wildman–Crippen MR) is 63.4 cm³/mol. The number of rotatable bonds is 5. The SMILES string of the molecule is CC(=O)CCOc1cc(C)c([N+](=O)[O-])cc1C. The monoisotopic (exact) mass is 237 g/mol. The molecule has 1 rings (SSSR count). The Labute approximate surface area is 99.5 Å². The normalized spacial score (nSPS) is 10.1. The number of nitro benzene ring substituents is 1. The highest BCUT2D eigenvalue weighted by Gasteiger charge is 2.13. The first-order chi connectivity index (χ1) is 7.91. The van der Waals surface area contributed by atoms with Crippen molar-refractivity contribution >= 4 is 11.5 Å². The number of nitro groups is 1. The number of ketones is 1. The molecule has 0 heterocycles. The third-order valence-corrected chi connectivity index (χ3v) is 2.40. The van der Waals surface area contributed by atoms with E-state index >= 15 is 0 Å². The van der Waals surface area contributed by atoms with Crippen LogP contribution in [0.5, 0.6) is 5.75 Å². The minimum Gasteiger partial charge on any atom is -0.493 e. The molecule has 0 unspecified atom stereocenters. The standard InChI is InChI=1S/C12H15NO4/c1-8-7-12(17-5-4-10(3)14)9(2)6-11(8)13(15)16/h6-7H,4-5H2,1-3H3. The van der Waals surface area contributed by atoms with Crippen LogP contribution in [0.15, 0.2) is 12.1 Å². The fraction of sp³-hybridized carbons (Fsp3) is 0.417. The average molecular weight is 237 g/mol. The van der Waals surface area contributed by atoms with Gasteiger partial charge in [0.2, 0.25) is 0 Å². The van der Waals surface area contributed by atoms with Crippen molar-refractivity contribution in [3.63, 3.8) is 0 Å². The second kappa shape index (κ2) is 5.43. The molecule has 0 spiro atoms. The van der Waals surface area contributed by atoms with Crippen molar-refractivity contribution in [3.05, 3.63) is 33.4 Å². The van der Waals surface area contributed by atoms with Gasteiger partial charge in [0.05, 0.1) is 11.5 Å². The molecule has 0 bridgehead atoms. The summed E-state index contributed by atoms with van der Waals surface area (Å²) >= 11 is 0. The Morgan fingerprint density at radius 3 is 2.53 bits per heavy atom. The Balaban J connectivity index is 2.84. The third kappa shape index (κ3) is 3.55. The number of hydrogen-bond donors (Lipinski definition) is 0. The van der Waals surface area contributed by atoms with E-state index in [9.17, 15) is 14.9 Å². The summed E-state index contributed by atoms with van der Waals surface area (Å²) in [6.07, 6.45) is 0.343. The van der Waals surface area contributed by atoms with Gasteiger partial charge in [-0.25, -0.2) is 0 Å². The van der Waals surface area contributed by atoms with Gasteiger partial charge in [-0.15, -0.1) is 0 Å². The number of hydrogen-bond acceptors (Lipinski definition) is 4. The Morgan fingerprint density at radius 1 is 1.35 bits per heavy atom. The second-order valence-corrected chi connectivity index (χ2v) is 3.96. The van der Waals surface area contributed by atoms with E-state index in [1.807, 2.05) is 0 Å². The van der Waals surface area contributed by atoms with Crippen LogP contribution >= 0.6 is 0 Å². The van der Waals surface area contributed by atoms with Gasteiger partial charge in [0, 0.05) is 18.1 Å². The third-order valence-electron chi connectivity index (χ3n) is 2.40. The van der Waals surface area contributed by atoms with E-state index in [0.29, 0.717) is 29.9 Å². The van der Waals surface area contributed by atoms with Crippen molar-refractivity contribution in [2.75, 3.05) is 6.61 Å². The Bertz CT molecular complexity index is 454. The van der Waals surface area contributed by atoms with Crippen LogP contribution in [0, 0.1) is 24.0 Å². The lowest BCUT2D eigenvalue weighted by Crippen LogP contribution is -2.04. The van der Waals surface area contributed by atoms with Gasteiger partial charge in [-0.2, -0.15) is 0 Å². The van der Waals surface area contributed by atoms with Crippen LogP contribution in [-0.2, 0) is 4.79 Å². The van der Waals surface area contributed by atoms with Crippen LogP contribution < -0.4 is 4.74 Å². The molecule has 0 saturated heterocycles. The number of aryl methyl sites for hydroxylation is 2. The molecule has 0 aliphatic rings. The van der Waals surface area contributed by atoms with Gasteiger partial charge in [0.15, 0.2) is 0 Å². The van der Waals surface area contributed by atoms with Gasteiger partial charge < -0.3 is 4.74 Å². The molecular weight excluding hydrogens is 222 g/mol. The molecule has 0 saturated carbocycles. The lowest BCUT2D eigenvalue weighted by molar-refractivity contribution is -0.385. The topological polar surface area (TPSA) is 69.4 Å². The molecule has 0 aliphatic heterocycles. The zero-order chi connectivity index (χ0) is 13.0. The summed E-state index contributed by atoms with van der Waals surface area (Å²) < 4.78 is 5.42. The molecule has 0 radical (unpaired) electrons. The van der Waals surface area contributed by atoms with Crippen molar-refractivity contribution in [2.45, 2.75) is 27.2 Å². The lowest BCUT2D eigenvalue weighted by atomic mass is 10.1. The Hall–Kier alpha value is -1.91. The van der Waals surface area contributed by atoms with Gasteiger partial charge in [-0.3, -0.25) is 14.9 Å². The number of carbonyl (C=O) groups is 1. The molecule has 92 valence electrons. The number of Topliss-reactive ketones (excluding diaryl/α,β-unsaturated/α-hetero) is 1. The molecule has 17 heavy (non-hydrogen) atoms. The first-order valence-electron chi connectivity index (χ1n) is 5.29. The number of ether oxygens (including phenoxy) is 1. The zero-order valence-electron chi connectivity index (χ0n) is 10.1. The second-order valence-electron chi connectivity index (χ2n) is 3.96. The van der Waals surface area contributed by atoms with Crippen molar-refractivity contribution in [1.82, 2.24) is 0 Å². The summed E-state index contributed by atoms with van der Waals surface area (Å²) in [7, 11) is 0. The van der Waals surface area contributed by atoms with E-state index in [4.69, 9.17) is 4.74 Å². The highest BCUT2D eigenvalue weighted by atomic mass is 16.6. The molecule has 0 fully saturated rings. The van der Waals surface area contributed by atoms with Crippen LogP contribution in [0.1, 0.15) is 24.5 Å². The molecule has 0 atom stereocenters. The van der Waals surface area contributed by atoms with Gasteiger partial charge in [-0.05, 0) is 32.4 Å². The van der Waals surface area contributed by atoms with E-state index < -0.39 is 4.92 Å². The quantitative estimate of drug-likeness (QED) is 0.583. The van der Waals surface area contributed by atoms with E-state index in [0.717, 1.165) is 0 Å². The van der Waals surface area contributed by atoms with Crippen LogP contribution in [0.2, 0.25) is 0 Å². The molecule has 1 aromatic rings. The fourth-order valence-electron chi connectivity index (χ4n) is 1.43. The summed E-state index contributed by atoms with van der Waals surface area (Å²) in [6.45, 7) is 5.20. The molecule has 0 amide bonds. The summed E-state index contributed by atoms with van der Waals surface area (Å²) in [4.78, 5) is 21.1. The van der Waals surface area contributed by atoms with Crippen molar-refractivity contribution < 1.29 is 14.5 Å². The largest absolute Gasteiger partial charge is 0.493 e. The summed E-state index contributed by atoms with van der Waals surface area (Å²) in [6, 6.07) is 3.12. The Kier molecular flexibility index (Phi) is 4.20. The first kappa shape index (κ1) is 13.2. The summed E-state index contributed by atoms with van der Waals surface area (Å²) in [5.41, 5.74) is 1.34. The smallest absolute Gasteiger partial charge is 0.272 e. The van der Waals surface area contributed by atoms with Gasteiger partial charge in [0.25, 0.3) is 5.69 Å². The lowest BCUT2D eigenvalue weighted by Gasteiger charge is -2.09. The molecule has 0 aliphatic carbocycles. The highest BCUT2D eigenvalue weighted by Crippen LogP contribution is 2.27.